The predicted octanol–water partition coefficient (Wildman–Crippen LogP) is 6.10. The number of ketones is 2. The number of hydrogen-bond donors (Lipinski definition) is 2. The van der Waals surface area contributed by atoms with E-state index in [1.165, 1.54) is 6.08 Å². The number of hydrogen-bond acceptors (Lipinski definition) is 6. The number of ether oxygens (including phenoxy) is 1. The Kier molecular flexibility index (Phi) is 7.39. The molecule has 0 fully saturated rings. The van der Waals surface area contributed by atoms with Gasteiger partial charge in [-0.2, -0.15) is 0 Å². The highest BCUT2D eigenvalue weighted by Gasteiger charge is 2.34. The highest BCUT2D eigenvalue weighted by molar-refractivity contribution is 6.31. The van der Waals surface area contributed by atoms with E-state index in [0.717, 1.165) is 5.56 Å². The monoisotopic (exact) mass is 494 g/mol. The molecule has 0 aliphatic heterocycles. The first-order valence-electron chi connectivity index (χ1n) is 12.1. The Balaban J connectivity index is 1.47. The van der Waals surface area contributed by atoms with Crippen LogP contribution in [-0.4, -0.2) is 30.7 Å². The highest BCUT2D eigenvalue weighted by atomic mass is 16.5. The molecule has 0 radical (unpaired) electrons. The topological polar surface area (TPSA) is 84.5 Å². The van der Waals surface area contributed by atoms with E-state index >= 15 is 0 Å². The maximum atomic E-state index is 13.5. The van der Waals surface area contributed by atoms with Crippen molar-refractivity contribution in [3.8, 4) is 0 Å². The zero-order chi connectivity index (χ0) is 26.6. The van der Waals surface area contributed by atoms with Gasteiger partial charge in [-0.25, -0.2) is 4.79 Å². The molecule has 1 aliphatic rings. The lowest BCUT2D eigenvalue weighted by molar-refractivity contribution is -0.140. The van der Waals surface area contributed by atoms with Crippen LogP contribution in [0.15, 0.2) is 85.1 Å². The number of carbonyl (C=O) groups excluding carboxylic acids is 3. The molecule has 0 bridgehead atoms. The lowest BCUT2D eigenvalue weighted by Crippen LogP contribution is -2.31. The van der Waals surface area contributed by atoms with Crippen LogP contribution in [0.5, 0.6) is 0 Å². The second-order valence-corrected chi connectivity index (χ2v) is 9.89. The van der Waals surface area contributed by atoms with Gasteiger partial charge in [-0.15, -0.1) is 0 Å². The summed E-state index contributed by atoms with van der Waals surface area (Å²) in [6.45, 7) is 10.2. The average Bonchev–Trinajstić information content (AvgIpc) is 2.88. The fraction of sp³-hybridized carbons (Fsp3) is 0.194. The first-order chi connectivity index (χ1) is 17.7. The lowest BCUT2D eigenvalue weighted by Gasteiger charge is -2.27. The Morgan fingerprint density at radius 3 is 2.11 bits per heavy atom. The van der Waals surface area contributed by atoms with Gasteiger partial charge < -0.3 is 15.4 Å². The molecular formula is C31H30N2O4. The van der Waals surface area contributed by atoms with Crippen LogP contribution in [0.3, 0.4) is 0 Å². The second-order valence-electron chi connectivity index (χ2n) is 9.89. The van der Waals surface area contributed by atoms with Crippen LogP contribution >= 0.6 is 0 Å². The Hall–Kier alpha value is -4.45. The molecule has 2 N–H and O–H groups in total. The summed E-state index contributed by atoms with van der Waals surface area (Å²) in [5, 5.41) is 6.40. The summed E-state index contributed by atoms with van der Waals surface area (Å²) >= 11 is 0. The van der Waals surface area contributed by atoms with Crippen molar-refractivity contribution in [1.29, 1.82) is 0 Å². The van der Waals surface area contributed by atoms with Crippen molar-refractivity contribution in [2.24, 2.45) is 5.41 Å². The fourth-order valence-electron chi connectivity index (χ4n) is 4.15. The van der Waals surface area contributed by atoms with E-state index in [1.807, 2.05) is 44.2 Å². The second kappa shape index (κ2) is 10.7. The molecule has 37 heavy (non-hydrogen) atoms. The van der Waals surface area contributed by atoms with Gasteiger partial charge in [0.25, 0.3) is 0 Å². The summed E-state index contributed by atoms with van der Waals surface area (Å²) in [4.78, 5) is 39.2. The molecule has 0 amide bonds. The molecule has 188 valence electrons. The van der Waals surface area contributed by atoms with Crippen molar-refractivity contribution in [2.45, 2.75) is 20.8 Å². The van der Waals surface area contributed by atoms with Gasteiger partial charge in [-0.3, -0.25) is 9.59 Å². The summed E-state index contributed by atoms with van der Waals surface area (Å²) in [6, 6.07) is 19.9. The maximum absolute atomic E-state index is 13.5. The smallest absolute Gasteiger partial charge is 0.330 e. The van der Waals surface area contributed by atoms with Crippen molar-refractivity contribution in [2.75, 3.05) is 23.8 Å². The molecule has 1 aliphatic carbocycles. The SMILES string of the molecule is C=C(C)Nc1cccc2c1C(=O)c1cccc(NCC(C)(C)COC(=O)/C=C/c3ccccc3)c1C2=O. The molecule has 3 aromatic rings. The number of benzene rings is 3. The normalized spacial score (nSPS) is 12.6. The number of rotatable bonds is 9. The van der Waals surface area contributed by atoms with Crippen LogP contribution in [0.1, 0.15) is 58.2 Å². The Bertz CT molecular complexity index is 1400. The molecule has 0 spiro atoms. The minimum atomic E-state index is -0.433. The standard InChI is InChI=1S/C31H30N2O4/c1-20(2)33-25-15-9-13-23-28(25)30(36)22-12-8-14-24(27(22)29(23)35)32-18-31(3,4)19-37-26(34)17-16-21-10-6-5-7-11-21/h5-17,32-33H,1,18-19H2,2-4H3/b17-16+. The molecule has 0 aromatic heterocycles. The Morgan fingerprint density at radius 2 is 1.49 bits per heavy atom. The van der Waals surface area contributed by atoms with E-state index in [0.29, 0.717) is 45.9 Å². The van der Waals surface area contributed by atoms with Gasteiger partial charge in [0.05, 0.1) is 23.4 Å². The first kappa shape index (κ1) is 25.6. The van der Waals surface area contributed by atoms with E-state index < -0.39 is 11.4 Å². The third kappa shape index (κ3) is 5.86. The first-order valence-corrected chi connectivity index (χ1v) is 12.1. The molecule has 0 atom stereocenters. The molecular weight excluding hydrogens is 464 g/mol. The fourth-order valence-corrected chi connectivity index (χ4v) is 4.15. The summed E-state index contributed by atoms with van der Waals surface area (Å²) in [5.74, 6) is -0.852. The van der Waals surface area contributed by atoms with E-state index in [1.54, 1.807) is 49.4 Å². The van der Waals surface area contributed by atoms with Gasteiger partial charge in [-0.05, 0) is 30.7 Å². The van der Waals surface area contributed by atoms with Crippen LogP contribution in [0, 0.1) is 5.41 Å². The Morgan fingerprint density at radius 1 is 0.892 bits per heavy atom. The van der Waals surface area contributed by atoms with Crippen LogP contribution in [0.4, 0.5) is 11.4 Å². The van der Waals surface area contributed by atoms with E-state index in [9.17, 15) is 14.4 Å². The van der Waals surface area contributed by atoms with E-state index in [4.69, 9.17) is 4.74 Å². The molecule has 0 heterocycles. The number of carbonyl (C=O) groups is 3. The van der Waals surface area contributed by atoms with Gasteiger partial charge in [0.2, 0.25) is 0 Å². The average molecular weight is 495 g/mol. The zero-order valence-corrected chi connectivity index (χ0v) is 21.3. The van der Waals surface area contributed by atoms with Crippen LogP contribution in [0.2, 0.25) is 0 Å². The number of anilines is 2. The van der Waals surface area contributed by atoms with Crippen molar-refractivity contribution in [1.82, 2.24) is 0 Å². The van der Waals surface area contributed by atoms with Gasteiger partial charge in [0, 0.05) is 40.5 Å². The molecule has 3 aromatic carbocycles. The molecule has 0 unspecified atom stereocenters. The minimum Gasteiger partial charge on any atom is -0.462 e. The number of allylic oxidation sites excluding steroid dienone is 1. The van der Waals surface area contributed by atoms with Crippen LogP contribution < -0.4 is 10.6 Å². The van der Waals surface area contributed by atoms with Crippen molar-refractivity contribution < 1.29 is 19.1 Å². The Labute approximate surface area is 217 Å². The quantitative estimate of drug-likeness (QED) is 0.216. The van der Waals surface area contributed by atoms with Crippen LogP contribution in [0.25, 0.3) is 6.08 Å². The predicted molar refractivity (Wildman–Crippen MR) is 147 cm³/mol. The number of fused-ring (bicyclic) bond motifs is 2. The van der Waals surface area contributed by atoms with Crippen molar-refractivity contribution >= 4 is 35.0 Å². The summed E-state index contributed by atoms with van der Waals surface area (Å²) in [5.41, 5.74) is 3.72. The van der Waals surface area contributed by atoms with E-state index in [2.05, 4.69) is 17.2 Å². The molecule has 4 rings (SSSR count). The maximum Gasteiger partial charge on any atom is 0.330 e. The van der Waals surface area contributed by atoms with Gasteiger partial charge in [0.1, 0.15) is 0 Å². The lowest BCUT2D eigenvalue weighted by atomic mass is 9.82. The third-order valence-electron chi connectivity index (χ3n) is 5.99. The number of nitrogens with one attached hydrogen (secondary N) is 2. The highest BCUT2D eigenvalue weighted by Crippen LogP contribution is 2.36. The zero-order valence-electron chi connectivity index (χ0n) is 21.3. The van der Waals surface area contributed by atoms with E-state index in [-0.39, 0.29) is 18.2 Å². The summed E-state index contributed by atoms with van der Waals surface area (Å²) in [7, 11) is 0. The largest absolute Gasteiger partial charge is 0.462 e. The molecule has 0 saturated carbocycles. The van der Waals surface area contributed by atoms with Gasteiger partial charge in [0.15, 0.2) is 11.6 Å². The molecule has 0 saturated heterocycles. The van der Waals surface area contributed by atoms with Gasteiger partial charge in [-0.1, -0.05) is 75.0 Å². The summed E-state index contributed by atoms with van der Waals surface area (Å²) < 4.78 is 5.46. The van der Waals surface area contributed by atoms with Crippen molar-refractivity contribution in [3.05, 3.63) is 113 Å². The molecule has 6 heteroatoms. The van der Waals surface area contributed by atoms with Crippen LogP contribution in [-0.2, 0) is 9.53 Å². The minimum absolute atomic E-state index is 0.179. The molecule has 6 nitrogen and oxygen atoms in total. The number of esters is 1. The third-order valence-corrected chi connectivity index (χ3v) is 5.99. The van der Waals surface area contributed by atoms with Crippen molar-refractivity contribution in [3.63, 3.8) is 0 Å². The van der Waals surface area contributed by atoms with Gasteiger partial charge >= 0.3 is 5.97 Å². The summed E-state index contributed by atoms with van der Waals surface area (Å²) in [6.07, 6.45) is 3.12.